The molecule has 0 saturated carbocycles. The largest absolute Gasteiger partial charge is 0.411 e. The van der Waals surface area contributed by atoms with Crippen molar-refractivity contribution in [1.82, 2.24) is 0 Å². The van der Waals surface area contributed by atoms with Gasteiger partial charge in [0.05, 0.1) is 12.2 Å². The Hall–Kier alpha value is -1.84. The lowest BCUT2D eigenvalue weighted by atomic mass is 10.1. The molecule has 192 valence electrons. The summed E-state index contributed by atoms with van der Waals surface area (Å²) in [6.07, 6.45) is 2.75. The molecule has 0 aliphatic carbocycles. The maximum atomic E-state index is 10.9. The van der Waals surface area contributed by atoms with Crippen LogP contribution in [0.25, 0.3) is 0 Å². The summed E-state index contributed by atoms with van der Waals surface area (Å²) in [7, 11) is -4.83. The summed E-state index contributed by atoms with van der Waals surface area (Å²) in [5.74, 6) is 0. The molecule has 0 aliphatic heterocycles. The van der Waals surface area contributed by atoms with Gasteiger partial charge in [0.1, 0.15) is 6.29 Å². The Labute approximate surface area is 214 Å². The molecule has 6 heteroatoms. The highest BCUT2D eigenvalue weighted by Gasteiger charge is 2.50. The molecule has 0 spiro atoms. The first-order valence-electron chi connectivity index (χ1n) is 12.5. The van der Waals surface area contributed by atoms with Crippen LogP contribution in [0, 0.1) is 0 Å². The van der Waals surface area contributed by atoms with E-state index >= 15 is 0 Å². The lowest BCUT2D eigenvalue weighted by molar-refractivity contribution is -0.104. The summed E-state index contributed by atoms with van der Waals surface area (Å²) >= 11 is 0. The Kier molecular flexibility index (Phi) is 10.0. The van der Waals surface area contributed by atoms with Crippen LogP contribution in [0.5, 0.6) is 0 Å². The average molecular weight is 513 g/mol. The van der Waals surface area contributed by atoms with E-state index in [1.165, 1.54) is 22.5 Å². The molecule has 0 fully saturated rings. The van der Waals surface area contributed by atoms with Gasteiger partial charge in [0.15, 0.2) is 8.32 Å². The second-order valence-electron chi connectivity index (χ2n) is 11.7. The second-order valence-corrected chi connectivity index (χ2v) is 20.8. The van der Waals surface area contributed by atoms with E-state index in [0.29, 0.717) is 19.3 Å². The average Bonchev–Trinajstić information content (AvgIpc) is 2.79. The Morgan fingerprint density at radius 1 is 0.857 bits per heavy atom. The van der Waals surface area contributed by atoms with Crippen LogP contribution in [0.15, 0.2) is 72.8 Å². The van der Waals surface area contributed by atoms with Gasteiger partial charge >= 0.3 is 0 Å². The third-order valence-corrected chi connectivity index (χ3v) is 16.7. The zero-order chi connectivity index (χ0) is 26.3. The summed E-state index contributed by atoms with van der Waals surface area (Å²) in [6, 6.07) is 21.1. The van der Waals surface area contributed by atoms with Crippen LogP contribution in [-0.2, 0) is 13.6 Å². The molecular weight excluding hydrogens is 468 g/mol. The lowest BCUT2D eigenvalue weighted by Gasteiger charge is -2.44. The summed E-state index contributed by atoms with van der Waals surface area (Å²) < 4.78 is 13.7. The van der Waals surface area contributed by atoms with Gasteiger partial charge in [-0.15, -0.1) is 0 Å². The van der Waals surface area contributed by atoms with Gasteiger partial charge in [0.2, 0.25) is 0 Å². The van der Waals surface area contributed by atoms with Crippen molar-refractivity contribution in [3.8, 4) is 0 Å². The minimum atomic E-state index is -2.67. The number of rotatable bonds is 11. The number of benzene rings is 2. The van der Waals surface area contributed by atoms with Gasteiger partial charge in [-0.25, -0.2) is 0 Å². The van der Waals surface area contributed by atoms with Crippen LogP contribution < -0.4 is 10.4 Å². The summed E-state index contributed by atoms with van der Waals surface area (Å²) in [4.78, 5) is 10.9. The van der Waals surface area contributed by atoms with E-state index in [2.05, 4.69) is 103 Å². The zero-order valence-corrected chi connectivity index (χ0v) is 24.7. The third-order valence-electron chi connectivity index (χ3n) is 7.16. The highest BCUT2D eigenvalue weighted by Crippen LogP contribution is 2.39. The van der Waals surface area contributed by atoms with Crippen molar-refractivity contribution in [2.24, 2.45) is 0 Å². The fraction of sp³-hybridized carbons (Fsp3) is 0.483. The number of aliphatic hydroxyl groups is 1. The molecule has 35 heavy (non-hydrogen) atoms. The fourth-order valence-electron chi connectivity index (χ4n) is 4.23. The van der Waals surface area contributed by atoms with Crippen LogP contribution in [0.3, 0.4) is 0 Å². The normalized spacial score (nSPS) is 15.2. The molecule has 0 heterocycles. The molecular formula is C29H44O4Si2. The van der Waals surface area contributed by atoms with Crippen LogP contribution in [-0.4, -0.2) is 46.8 Å². The van der Waals surface area contributed by atoms with Crippen LogP contribution in [0.2, 0.25) is 23.2 Å². The van der Waals surface area contributed by atoms with Crippen molar-refractivity contribution in [2.75, 3.05) is 6.61 Å². The Bertz CT molecular complexity index is 905. The predicted molar refractivity (Wildman–Crippen MR) is 151 cm³/mol. The molecule has 2 atom stereocenters. The van der Waals surface area contributed by atoms with Crippen molar-refractivity contribution < 1.29 is 18.8 Å². The van der Waals surface area contributed by atoms with E-state index in [1.54, 1.807) is 0 Å². The van der Waals surface area contributed by atoms with Gasteiger partial charge < -0.3 is 14.0 Å². The first-order chi connectivity index (χ1) is 16.3. The van der Waals surface area contributed by atoms with E-state index < -0.39 is 28.8 Å². The van der Waals surface area contributed by atoms with E-state index in [4.69, 9.17) is 8.85 Å². The number of carbonyl (C=O) groups is 1. The number of carbonyl (C=O) groups excluding carboxylic acids is 1. The molecule has 0 radical (unpaired) electrons. The van der Waals surface area contributed by atoms with Gasteiger partial charge in [-0.05, 0) is 46.0 Å². The SMILES string of the molecule is CC(C)(C)[Si](C)(C)O[C@@H](CCO[Si](c1ccccc1)(c1ccccc1)C(C)(C)C)[C@H](O)/C=C/C=O. The fourth-order valence-corrected chi connectivity index (χ4v) is 10.2. The number of hydrogen-bond acceptors (Lipinski definition) is 4. The van der Waals surface area contributed by atoms with Crippen LogP contribution >= 0.6 is 0 Å². The van der Waals surface area contributed by atoms with Crippen LogP contribution in [0.1, 0.15) is 48.0 Å². The number of hydrogen-bond donors (Lipinski definition) is 1. The molecule has 2 aromatic rings. The molecule has 1 N–H and O–H groups in total. The number of aliphatic hydroxyl groups excluding tert-OH is 1. The van der Waals surface area contributed by atoms with E-state index in [1.807, 2.05) is 12.1 Å². The Balaban J connectivity index is 2.43. The minimum absolute atomic E-state index is 0.00179. The predicted octanol–water partition coefficient (Wildman–Crippen LogP) is 5.46. The molecule has 2 rings (SSSR count). The standard InChI is InChI=1S/C29H44O4Si2/c1-28(2,3)34(7,8)33-27(26(31)20-15-22-30)21-23-32-35(29(4,5)6,24-16-11-9-12-17-24)25-18-13-10-14-19-25/h9-20,22,26-27,31H,21,23H2,1-8H3/b20-15+/t26-,27+/m1/s1. The highest BCUT2D eigenvalue weighted by atomic mass is 28.4. The second kappa shape index (κ2) is 11.9. The molecule has 0 amide bonds. The quantitative estimate of drug-likeness (QED) is 0.247. The topological polar surface area (TPSA) is 55.8 Å². The van der Waals surface area contributed by atoms with Crippen molar-refractivity contribution in [3.05, 3.63) is 72.8 Å². The zero-order valence-electron chi connectivity index (χ0n) is 22.7. The molecule has 0 unspecified atom stereocenters. The van der Waals surface area contributed by atoms with Gasteiger partial charge in [-0.3, -0.25) is 4.79 Å². The van der Waals surface area contributed by atoms with Crippen molar-refractivity contribution >= 4 is 33.3 Å². The van der Waals surface area contributed by atoms with E-state index in [-0.39, 0.29) is 10.1 Å². The Morgan fingerprint density at radius 3 is 1.74 bits per heavy atom. The van der Waals surface area contributed by atoms with E-state index in [0.717, 1.165) is 0 Å². The summed E-state index contributed by atoms with van der Waals surface area (Å²) in [6.45, 7) is 18.1. The number of allylic oxidation sites excluding steroid dienone is 1. The van der Waals surface area contributed by atoms with Gasteiger partial charge in [0.25, 0.3) is 8.32 Å². The molecule has 0 aliphatic rings. The monoisotopic (exact) mass is 512 g/mol. The van der Waals surface area contributed by atoms with Gasteiger partial charge in [-0.2, -0.15) is 0 Å². The minimum Gasteiger partial charge on any atom is -0.411 e. The van der Waals surface area contributed by atoms with Gasteiger partial charge in [0, 0.05) is 6.61 Å². The highest BCUT2D eigenvalue weighted by molar-refractivity contribution is 6.99. The smallest absolute Gasteiger partial charge is 0.261 e. The molecule has 0 aromatic heterocycles. The van der Waals surface area contributed by atoms with Crippen molar-refractivity contribution in [3.63, 3.8) is 0 Å². The first-order valence-corrected chi connectivity index (χ1v) is 17.3. The lowest BCUT2D eigenvalue weighted by Crippen LogP contribution is -2.66. The summed E-state index contributed by atoms with van der Waals surface area (Å²) in [5.41, 5.74) is 0. The van der Waals surface area contributed by atoms with E-state index in [9.17, 15) is 9.90 Å². The van der Waals surface area contributed by atoms with Crippen LogP contribution in [0.4, 0.5) is 0 Å². The number of aldehydes is 1. The van der Waals surface area contributed by atoms with Gasteiger partial charge in [-0.1, -0.05) is 108 Å². The molecule has 2 aromatic carbocycles. The Morgan fingerprint density at radius 2 is 1.34 bits per heavy atom. The third kappa shape index (κ3) is 7.11. The summed E-state index contributed by atoms with van der Waals surface area (Å²) in [5, 5.41) is 13.2. The maximum Gasteiger partial charge on any atom is 0.261 e. The first kappa shape index (κ1) is 29.4. The molecule has 4 nitrogen and oxygen atoms in total. The van der Waals surface area contributed by atoms with Crippen molar-refractivity contribution in [2.45, 2.75) is 83.3 Å². The maximum absolute atomic E-state index is 10.9. The molecule has 0 saturated heterocycles. The van der Waals surface area contributed by atoms with Crippen molar-refractivity contribution in [1.29, 1.82) is 0 Å². The molecule has 0 bridgehead atoms.